The number of fused-ring (bicyclic) bond motifs is 3. The first-order valence-corrected chi connectivity index (χ1v) is 8.34. The van der Waals surface area contributed by atoms with Crippen LogP contribution in [-0.4, -0.2) is 20.7 Å². The monoisotopic (exact) mass is 352 g/mol. The number of hydrogen-bond acceptors (Lipinski definition) is 3. The second-order valence-corrected chi connectivity index (χ2v) is 6.24. The third kappa shape index (κ3) is 2.34. The Balaban J connectivity index is 1.92. The van der Waals surface area contributed by atoms with Gasteiger partial charge in [0.15, 0.2) is 0 Å². The van der Waals surface area contributed by atoms with Gasteiger partial charge in [0.05, 0.1) is 23.0 Å². The lowest BCUT2D eigenvalue weighted by Crippen LogP contribution is -2.39. The summed E-state index contributed by atoms with van der Waals surface area (Å²) in [5.74, 6) is -1.34. The van der Waals surface area contributed by atoms with Crippen LogP contribution in [-0.2, 0) is 0 Å². The predicted molar refractivity (Wildman–Crippen MR) is 95.3 cm³/mol. The first-order chi connectivity index (χ1) is 12.5. The summed E-state index contributed by atoms with van der Waals surface area (Å²) < 4.78 is 15.9. The molecule has 5 nitrogen and oxygen atoms in total. The van der Waals surface area contributed by atoms with Crippen molar-refractivity contribution in [2.45, 2.75) is 19.4 Å². The van der Waals surface area contributed by atoms with E-state index in [1.807, 2.05) is 29.8 Å². The number of carbonyl (C=O) groups is 1. The number of nitrogens with zero attached hydrogens (tertiary/aromatic N) is 2. The van der Waals surface area contributed by atoms with Gasteiger partial charge in [-0.25, -0.2) is 4.39 Å². The third-order valence-electron chi connectivity index (χ3n) is 4.71. The van der Waals surface area contributed by atoms with Crippen molar-refractivity contribution in [1.29, 1.82) is 0 Å². The molecule has 132 valence electrons. The van der Waals surface area contributed by atoms with Crippen LogP contribution < -0.4 is 4.90 Å². The topological polar surface area (TPSA) is 65.7 Å². The predicted octanol–water partition coefficient (Wildman–Crippen LogP) is 4.14. The second-order valence-electron chi connectivity index (χ2n) is 6.24. The minimum atomic E-state index is -0.450. The minimum Gasteiger partial charge on any atom is -0.508 e. The van der Waals surface area contributed by atoms with Gasteiger partial charge in [-0.15, -0.1) is 0 Å². The molecule has 0 bridgehead atoms. The number of phenolic OH excluding ortho intramolecular Hbond substituents is 2. The molecule has 1 atom stereocenters. The van der Waals surface area contributed by atoms with Crippen molar-refractivity contribution in [3.8, 4) is 17.2 Å². The highest BCUT2D eigenvalue weighted by atomic mass is 19.1. The molecule has 1 aromatic heterocycles. The number of benzene rings is 2. The molecule has 0 spiro atoms. The lowest BCUT2D eigenvalue weighted by Gasteiger charge is -2.38. The molecule has 6 heteroatoms. The highest BCUT2D eigenvalue weighted by molar-refractivity contribution is 6.09. The smallest absolute Gasteiger partial charge is 0.262 e. The molecule has 3 aromatic rings. The number of anilines is 1. The Morgan fingerprint density at radius 3 is 2.65 bits per heavy atom. The third-order valence-corrected chi connectivity index (χ3v) is 4.71. The molecule has 26 heavy (non-hydrogen) atoms. The summed E-state index contributed by atoms with van der Waals surface area (Å²) in [6, 6.07) is 11.7. The van der Waals surface area contributed by atoms with Crippen LogP contribution in [0.3, 0.4) is 0 Å². The number of phenols is 2. The standard InChI is InChI=1S/C20H17FN2O3/c1-2-15-16-4-3-9-22(16)17-8-5-12(21)10-18(17)23(15)20(26)14-7-6-13(24)11-19(14)25/h3-11,15,24-25H,2H2,1H3/t15-/m0/s1. The van der Waals surface area contributed by atoms with E-state index in [1.54, 1.807) is 6.07 Å². The highest BCUT2D eigenvalue weighted by Crippen LogP contribution is 2.42. The van der Waals surface area contributed by atoms with Gasteiger partial charge in [-0.2, -0.15) is 0 Å². The van der Waals surface area contributed by atoms with E-state index in [2.05, 4.69) is 0 Å². The quantitative estimate of drug-likeness (QED) is 0.728. The Morgan fingerprint density at radius 2 is 1.92 bits per heavy atom. The summed E-state index contributed by atoms with van der Waals surface area (Å²) in [5.41, 5.74) is 2.11. The Labute approximate surface area is 149 Å². The number of aromatic hydroxyl groups is 2. The van der Waals surface area contributed by atoms with E-state index in [1.165, 1.54) is 29.2 Å². The molecule has 0 unspecified atom stereocenters. The number of rotatable bonds is 2. The molecule has 1 aliphatic rings. The molecular formula is C20H17FN2O3. The van der Waals surface area contributed by atoms with Crippen molar-refractivity contribution in [3.05, 3.63) is 71.8 Å². The summed E-state index contributed by atoms with van der Waals surface area (Å²) in [4.78, 5) is 14.8. The molecule has 2 N–H and O–H groups in total. The van der Waals surface area contributed by atoms with Crippen LogP contribution in [0.25, 0.3) is 5.69 Å². The normalized spacial score (nSPS) is 15.5. The van der Waals surface area contributed by atoms with E-state index in [9.17, 15) is 19.4 Å². The molecule has 2 aromatic carbocycles. The summed E-state index contributed by atoms with van der Waals surface area (Å²) in [7, 11) is 0. The zero-order valence-electron chi connectivity index (χ0n) is 14.1. The molecule has 0 saturated carbocycles. The molecule has 0 aliphatic carbocycles. The fraction of sp³-hybridized carbons (Fsp3) is 0.150. The SMILES string of the molecule is CC[C@H]1c2cccn2-c2ccc(F)cc2N1C(=O)c1ccc(O)cc1O. The van der Waals surface area contributed by atoms with Gasteiger partial charge in [-0.05, 0) is 48.9 Å². The van der Waals surface area contributed by atoms with Gasteiger partial charge in [0.2, 0.25) is 0 Å². The molecule has 1 amide bonds. The van der Waals surface area contributed by atoms with Crippen molar-refractivity contribution in [2.75, 3.05) is 4.90 Å². The lowest BCUT2D eigenvalue weighted by molar-refractivity contribution is 0.0970. The highest BCUT2D eigenvalue weighted by Gasteiger charge is 2.35. The molecule has 1 aliphatic heterocycles. The second kappa shape index (κ2) is 5.91. The van der Waals surface area contributed by atoms with Gasteiger partial charge in [-0.1, -0.05) is 6.92 Å². The number of aromatic nitrogens is 1. The van der Waals surface area contributed by atoms with Crippen LogP contribution in [0.15, 0.2) is 54.7 Å². The number of carbonyl (C=O) groups excluding carboxylic acids is 1. The van der Waals surface area contributed by atoms with Crippen LogP contribution in [0.2, 0.25) is 0 Å². The average molecular weight is 352 g/mol. The van der Waals surface area contributed by atoms with Crippen LogP contribution in [0.1, 0.15) is 35.4 Å². The van der Waals surface area contributed by atoms with E-state index in [-0.39, 0.29) is 23.1 Å². The van der Waals surface area contributed by atoms with Crippen molar-refractivity contribution in [1.82, 2.24) is 4.57 Å². The Morgan fingerprint density at radius 1 is 1.12 bits per heavy atom. The fourth-order valence-corrected chi connectivity index (χ4v) is 3.55. The largest absolute Gasteiger partial charge is 0.508 e. The van der Waals surface area contributed by atoms with E-state index in [0.29, 0.717) is 17.8 Å². The minimum absolute atomic E-state index is 0.0523. The number of halogens is 1. The Bertz CT molecular complexity index is 1010. The van der Waals surface area contributed by atoms with Gasteiger partial charge in [0.1, 0.15) is 17.3 Å². The first kappa shape index (κ1) is 16.2. The molecule has 0 radical (unpaired) electrons. The van der Waals surface area contributed by atoms with Gasteiger partial charge < -0.3 is 14.8 Å². The first-order valence-electron chi connectivity index (χ1n) is 8.34. The van der Waals surface area contributed by atoms with E-state index in [4.69, 9.17) is 0 Å². The van der Waals surface area contributed by atoms with E-state index in [0.717, 1.165) is 11.8 Å². The molecule has 4 rings (SSSR count). The van der Waals surface area contributed by atoms with Crippen LogP contribution in [0.4, 0.5) is 10.1 Å². The summed E-state index contributed by atoms with van der Waals surface area (Å²) in [6.45, 7) is 1.95. The van der Waals surface area contributed by atoms with Crippen molar-refractivity contribution < 1.29 is 19.4 Å². The molecule has 2 heterocycles. The number of hydrogen-bond donors (Lipinski definition) is 2. The van der Waals surface area contributed by atoms with Crippen molar-refractivity contribution in [3.63, 3.8) is 0 Å². The summed E-state index contributed by atoms with van der Waals surface area (Å²) in [6.07, 6.45) is 2.50. The Kier molecular flexibility index (Phi) is 3.68. The van der Waals surface area contributed by atoms with Gasteiger partial charge in [0, 0.05) is 18.0 Å². The maximum Gasteiger partial charge on any atom is 0.262 e. The summed E-state index contributed by atoms with van der Waals surface area (Å²) in [5, 5.41) is 19.6. The average Bonchev–Trinajstić information content (AvgIpc) is 3.09. The Hall–Kier alpha value is -3.28. The maximum atomic E-state index is 14.0. The van der Waals surface area contributed by atoms with Crippen molar-refractivity contribution in [2.24, 2.45) is 0 Å². The van der Waals surface area contributed by atoms with Gasteiger partial charge in [0.25, 0.3) is 5.91 Å². The van der Waals surface area contributed by atoms with Crippen molar-refractivity contribution >= 4 is 11.6 Å². The van der Waals surface area contributed by atoms with E-state index >= 15 is 0 Å². The zero-order valence-corrected chi connectivity index (χ0v) is 14.1. The number of amides is 1. The maximum absolute atomic E-state index is 14.0. The van der Waals surface area contributed by atoms with Crippen LogP contribution >= 0.6 is 0 Å². The zero-order chi connectivity index (χ0) is 18.4. The van der Waals surface area contributed by atoms with Crippen LogP contribution in [0.5, 0.6) is 11.5 Å². The van der Waals surface area contributed by atoms with Crippen LogP contribution in [0, 0.1) is 5.82 Å². The molecule has 0 saturated heterocycles. The van der Waals surface area contributed by atoms with Gasteiger partial charge >= 0.3 is 0 Å². The molecular weight excluding hydrogens is 335 g/mol. The van der Waals surface area contributed by atoms with E-state index < -0.39 is 11.7 Å². The fourth-order valence-electron chi connectivity index (χ4n) is 3.55. The summed E-state index contributed by atoms with van der Waals surface area (Å²) >= 11 is 0. The molecule has 0 fully saturated rings. The lowest BCUT2D eigenvalue weighted by atomic mass is 10.0. The van der Waals surface area contributed by atoms with Gasteiger partial charge in [-0.3, -0.25) is 9.69 Å².